The third-order valence-electron chi connectivity index (χ3n) is 1.79. The number of benzene rings is 1. The van der Waals surface area contributed by atoms with E-state index in [0.29, 0.717) is 0 Å². The lowest BCUT2D eigenvalue weighted by Gasteiger charge is -2.04. The molecule has 2 heteroatoms. The topological polar surface area (TPSA) is 0 Å². The van der Waals surface area contributed by atoms with Crippen molar-refractivity contribution >= 4 is 44.1 Å². The molecule has 0 bridgehead atoms. The van der Waals surface area contributed by atoms with Crippen molar-refractivity contribution in [3.8, 4) is 0 Å². The summed E-state index contributed by atoms with van der Waals surface area (Å²) in [6.45, 7) is 4.19. The lowest BCUT2D eigenvalue weighted by Crippen LogP contribution is -1.84. The quantitative estimate of drug-likeness (QED) is 0.665. The summed E-state index contributed by atoms with van der Waals surface area (Å²) in [5.41, 5.74) is 2.62. The zero-order chi connectivity index (χ0) is 9.14. The number of allylic oxidation sites excluding steroid dienone is 2. The molecule has 0 saturated heterocycles. The van der Waals surface area contributed by atoms with E-state index in [-0.39, 0.29) is 0 Å². The summed E-state index contributed by atoms with van der Waals surface area (Å²) >= 11 is 5.84. The Labute approximate surface area is 95.3 Å². The number of rotatable bonds is 1. The van der Waals surface area contributed by atoms with Crippen molar-refractivity contribution in [3.63, 3.8) is 0 Å². The van der Waals surface area contributed by atoms with Crippen LogP contribution in [-0.4, -0.2) is 0 Å². The van der Waals surface area contributed by atoms with Gasteiger partial charge in [0.2, 0.25) is 0 Å². The summed E-state index contributed by atoms with van der Waals surface area (Å²) in [4.78, 5) is 0. The number of hydrogen-bond acceptors (Lipinski definition) is 0. The van der Waals surface area contributed by atoms with Gasteiger partial charge in [0.15, 0.2) is 0 Å². The first kappa shape index (κ1) is 10.3. The highest BCUT2D eigenvalue weighted by Gasteiger charge is 2.01. The maximum absolute atomic E-state index is 3.49. The van der Waals surface area contributed by atoms with Gasteiger partial charge in [0.25, 0.3) is 0 Å². The number of hydrogen-bond donors (Lipinski definition) is 0. The standard InChI is InChI=1S/C10H10BrI/c1-7(8(2)11)9-5-3-4-6-10(9)12/h3-6H,1-2H3/b8-7-. The lowest BCUT2D eigenvalue weighted by atomic mass is 10.1. The fraction of sp³-hybridized carbons (Fsp3) is 0.200. The molecule has 12 heavy (non-hydrogen) atoms. The average Bonchev–Trinajstić information content (AvgIpc) is 2.04. The maximum Gasteiger partial charge on any atom is 0.0205 e. The van der Waals surface area contributed by atoms with Gasteiger partial charge in [-0.25, -0.2) is 0 Å². The van der Waals surface area contributed by atoms with Crippen molar-refractivity contribution in [3.05, 3.63) is 37.9 Å². The van der Waals surface area contributed by atoms with Crippen LogP contribution in [0.25, 0.3) is 5.57 Å². The zero-order valence-corrected chi connectivity index (χ0v) is 10.8. The van der Waals surface area contributed by atoms with E-state index in [0.717, 1.165) is 0 Å². The predicted octanol–water partition coefficient (Wildman–Crippen LogP) is 4.44. The van der Waals surface area contributed by atoms with Crippen LogP contribution in [0.3, 0.4) is 0 Å². The molecule has 0 N–H and O–H groups in total. The first-order valence-electron chi connectivity index (χ1n) is 3.71. The molecule has 0 atom stereocenters. The Morgan fingerprint density at radius 1 is 1.25 bits per heavy atom. The molecular formula is C10H10BrI. The molecule has 0 aromatic heterocycles. The highest BCUT2D eigenvalue weighted by atomic mass is 127. The van der Waals surface area contributed by atoms with Gasteiger partial charge >= 0.3 is 0 Å². The molecule has 1 aromatic carbocycles. The van der Waals surface area contributed by atoms with Crippen LogP contribution in [0.1, 0.15) is 19.4 Å². The fourth-order valence-electron chi connectivity index (χ4n) is 0.951. The van der Waals surface area contributed by atoms with E-state index in [2.05, 4.69) is 76.6 Å². The largest absolute Gasteiger partial charge is 0.0616 e. The molecule has 0 heterocycles. The molecule has 0 aliphatic heterocycles. The molecule has 0 aliphatic rings. The minimum Gasteiger partial charge on any atom is -0.0616 e. The van der Waals surface area contributed by atoms with Crippen molar-refractivity contribution in [2.24, 2.45) is 0 Å². The van der Waals surface area contributed by atoms with Crippen LogP contribution in [0.15, 0.2) is 28.7 Å². The van der Waals surface area contributed by atoms with Gasteiger partial charge in [-0.3, -0.25) is 0 Å². The summed E-state index contributed by atoms with van der Waals surface area (Å²) in [7, 11) is 0. The van der Waals surface area contributed by atoms with E-state index in [4.69, 9.17) is 0 Å². The molecule has 0 spiro atoms. The van der Waals surface area contributed by atoms with Gasteiger partial charge in [-0.15, -0.1) is 0 Å². The third kappa shape index (κ3) is 2.33. The molecule has 0 aliphatic carbocycles. The van der Waals surface area contributed by atoms with E-state index in [1.807, 2.05) is 0 Å². The molecule has 1 aromatic rings. The van der Waals surface area contributed by atoms with E-state index in [9.17, 15) is 0 Å². The molecule has 0 amide bonds. The number of halogens is 2. The van der Waals surface area contributed by atoms with Crippen molar-refractivity contribution in [1.29, 1.82) is 0 Å². The van der Waals surface area contributed by atoms with Crippen LogP contribution in [-0.2, 0) is 0 Å². The molecule has 0 unspecified atom stereocenters. The van der Waals surface area contributed by atoms with E-state index in [1.165, 1.54) is 19.2 Å². The molecule has 1 rings (SSSR count). The maximum atomic E-state index is 3.49. The summed E-state index contributed by atoms with van der Waals surface area (Å²) in [5.74, 6) is 0. The highest BCUT2D eigenvalue weighted by Crippen LogP contribution is 2.25. The van der Waals surface area contributed by atoms with Crippen LogP contribution in [0, 0.1) is 3.57 Å². The Morgan fingerprint density at radius 3 is 2.33 bits per heavy atom. The van der Waals surface area contributed by atoms with Crippen molar-refractivity contribution in [1.82, 2.24) is 0 Å². The Morgan fingerprint density at radius 2 is 1.83 bits per heavy atom. The second-order valence-corrected chi connectivity index (χ2v) is 4.99. The van der Waals surface area contributed by atoms with Crippen molar-refractivity contribution in [2.75, 3.05) is 0 Å². The van der Waals surface area contributed by atoms with E-state index >= 15 is 0 Å². The summed E-state index contributed by atoms with van der Waals surface area (Å²) < 4.78 is 2.50. The molecule has 0 radical (unpaired) electrons. The minimum atomic E-state index is 1.20. The first-order valence-corrected chi connectivity index (χ1v) is 5.58. The van der Waals surface area contributed by atoms with Gasteiger partial charge in [0.05, 0.1) is 0 Å². The molecule has 64 valence electrons. The second kappa shape index (κ2) is 4.42. The highest BCUT2D eigenvalue weighted by molar-refractivity contribution is 14.1. The average molecular weight is 337 g/mol. The van der Waals surface area contributed by atoms with E-state index < -0.39 is 0 Å². The fourth-order valence-corrected chi connectivity index (χ4v) is 1.96. The van der Waals surface area contributed by atoms with Gasteiger partial charge < -0.3 is 0 Å². The second-order valence-electron chi connectivity index (χ2n) is 2.64. The summed E-state index contributed by atoms with van der Waals surface area (Å²) in [6.07, 6.45) is 0. The smallest absolute Gasteiger partial charge is 0.0205 e. The van der Waals surface area contributed by atoms with Crippen LogP contribution in [0.5, 0.6) is 0 Å². The van der Waals surface area contributed by atoms with Crippen LogP contribution in [0.4, 0.5) is 0 Å². The third-order valence-corrected chi connectivity index (χ3v) is 3.33. The van der Waals surface area contributed by atoms with Crippen LogP contribution >= 0.6 is 38.5 Å². The Hall–Kier alpha value is 0.170. The van der Waals surface area contributed by atoms with Gasteiger partial charge in [0, 0.05) is 3.57 Å². The Bertz CT molecular complexity index is 311. The molecule has 0 nitrogen and oxygen atoms in total. The summed E-state index contributed by atoms with van der Waals surface area (Å²) in [5, 5.41) is 0. The first-order chi connectivity index (χ1) is 5.63. The van der Waals surface area contributed by atoms with Gasteiger partial charge in [-0.05, 0) is 58.1 Å². The van der Waals surface area contributed by atoms with Crippen LogP contribution < -0.4 is 0 Å². The molecule has 0 saturated carbocycles. The van der Waals surface area contributed by atoms with Gasteiger partial charge in [-0.1, -0.05) is 34.1 Å². The van der Waals surface area contributed by atoms with E-state index in [1.54, 1.807) is 0 Å². The molecule has 0 fully saturated rings. The van der Waals surface area contributed by atoms with Crippen LogP contribution in [0.2, 0.25) is 0 Å². The van der Waals surface area contributed by atoms with Crippen molar-refractivity contribution < 1.29 is 0 Å². The molecular weight excluding hydrogens is 327 g/mol. The lowest BCUT2D eigenvalue weighted by molar-refractivity contribution is 1.49. The predicted molar refractivity (Wildman–Crippen MR) is 66.4 cm³/mol. The minimum absolute atomic E-state index is 1.20. The zero-order valence-electron chi connectivity index (χ0n) is 7.07. The van der Waals surface area contributed by atoms with Gasteiger partial charge in [0.1, 0.15) is 0 Å². The Kier molecular flexibility index (Phi) is 3.77. The summed E-state index contributed by atoms with van der Waals surface area (Å²) in [6, 6.07) is 8.39. The Balaban J connectivity index is 3.21. The normalized spacial score (nSPS) is 12.7. The van der Waals surface area contributed by atoms with Crippen molar-refractivity contribution in [2.45, 2.75) is 13.8 Å². The SMILES string of the molecule is C/C(Br)=C(\C)c1ccccc1I. The monoisotopic (exact) mass is 336 g/mol. The van der Waals surface area contributed by atoms with Gasteiger partial charge in [-0.2, -0.15) is 0 Å².